The standard InChI is InChI=1S/C12H15BrO6/c1-17-7-4-6(5-8(18-2)9(7)13)10(14)11(15)12(16)19-3/h4-5,10-11,14-15H,1-3H3. The van der Waals surface area contributed by atoms with E-state index in [1.54, 1.807) is 0 Å². The number of carbonyl (C=O) groups is 1. The summed E-state index contributed by atoms with van der Waals surface area (Å²) in [7, 11) is 4.03. The van der Waals surface area contributed by atoms with Gasteiger partial charge in [-0.1, -0.05) is 0 Å². The minimum atomic E-state index is -1.68. The van der Waals surface area contributed by atoms with Crippen molar-refractivity contribution < 1.29 is 29.2 Å². The van der Waals surface area contributed by atoms with Crippen molar-refractivity contribution in [1.82, 2.24) is 0 Å². The van der Waals surface area contributed by atoms with Crippen molar-refractivity contribution in [3.63, 3.8) is 0 Å². The molecule has 106 valence electrons. The highest BCUT2D eigenvalue weighted by Gasteiger charge is 2.28. The Morgan fingerprint density at radius 3 is 2.00 bits per heavy atom. The third-order valence-corrected chi connectivity index (χ3v) is 3.33. The van der Waals surface area contributed by atoms with Gasteiger partial charge in [0.2, 0.25) is 0 Å². The molecule has 7 heteroatoms. The number of methoxy groups -OCH3 is 3. The van der Waals surface area contributed by atoms with E-state index in [-0.39, 0.29) is 5.56 Å². The Labute approximate surface area is 119 Å². The lowest BCUT2D eigenvalue weighted by Crippen LogP contribution is -2.29. The number of benzene rings is 1. The first-order valence-electron chi connectivity index (χ1n) is 5.31. The summed E-state index contributed by atoms with van der Waals surface area (Å²) in [4.78, 5) is 11.2. The van der Waals surface area contributed by atoms with E-state index in [1.807, 2.05) is 0 Å². The quantitative estimate of drug-likeness (QED) is 0.782. The van der Waals surface area contributed by atoms with Gasteiger partial charge in [-0.05, 0) is 33.6 Å². The molecule has 19 heavy (non-hydrogen) atoms. The highest BCUT2D eigenvalue weighted by atomic mass is 79.9. The molecule has 0 amide bonds. The second-order valence-electron chi connectivity index (χ2n) is 3.65. The zero-order valence-electron chi connectivity index (χ0n) is 10.7. The first-order chi connectivity index (χ1) is 8.96. The van der Waals surface area contributed by atoms with E-state index >= 15 is 0 Å². The van der Waals surface area contributed by atoms with Crippen LogP contribution in [-0.2, 0) is 9.53 Å². The molecule has 0 radical (unpaired) electrons. The second kappa shape index (κ2) is 6.74. The van der Waals surface area contributed by atoms with Crippen molar-refractivity contribution in [1.29, 1.82) is 0 Å². The van der Waals surface area contributed by atoms with Gasteiger partial charge in [0.15, 0.2) is 6.10 Å². The van der Waals surface area contributed by atoms with Crippen LogP contribution in [0.15, 0.2) is 16.6 Å². The number of aliphatic hydroxyl groups excluding tert-OH is 2. The maximum atomic E-state index is 11.2. The zero-order valence-corrected chi connectivity index (χ0v) is 12.3. The predicted molar refractivity (Wildman–Crippen MR) is 70.2 cm³/mol. The van der Waals surface area contributed by atoms with Crippen molar-refractivity contribution in [3.8, 4) is 11.5 Å². The fourth-order valence-corrected chi connectivity index (χ4v) is 2.04. The molecule has 0 aliphatic heterocycles. The van der Waals surface area contributed by atoms with Crippen LogP contribution in [0.3, 0.4) is 0 Å². The normalized spacial score (nSPS) is 13.6. The first kappa shape index (κ1) is 15.7. The molecule has 6 nitrogen and oxygen atoms in total. The van der Waals surface area contributed by atoms with Gasteiger partial charge in [-0.15, -0.1) is 0 Å². The number of rotatable bonds is 5. The lowest BCUT2D eigenvalue weighted by atomic mass is 10.0. The monoisotopic (exact) mass is 334 g/mol. The average molecular weight is 335 g/mol. The van der Waals surface area contributed by atoms with Crippen LogP contribution in [0.2, 0.25) is 0 Å². The number of ether oxygens (including phenoxy) is 3. The van der Waals surface area contributed by atoms with Crippen molar-refractivity contribution in [2.24, 2.45) is 0 Å². The summed E-state index contributed by atoms with van der Waals surface area (Å²) in [6.45, 7) is 0. The van der Waals surface area contributed by atoms with E-state index in [4.69, 9.17) is 9.47 Å². The summed E-state index contributed by atoms with van der Waals surface area (Å²) in [5, 5.41) is 19.6. The Balaban J connectivity index is 3.16. The Morgan fingerprint density at radius 2 is 1.63 bits per heavy atom. The SMILES string of the molecule is COC(=O)C(O)C(O)c1cc(OC)c(Br)c(OC)c1. The van der Waals surface area contributed by atoms with Crippen molar-refractivity contribution in [2.75, 3.05) is 21.3 Å². The number of esters is 1. The van der Waals surface area contributed by atoms with Crippen LogP contribution in [0.25, 0.3) is 0 Å². The molecular weight excluding hydrogens is 320 g/mol. The molecule has 2 atom stereocenters. The highest BCUT2D eigenvalue weighted by molar-refractivity contribution is 9.10. The summed E-state index contributed by atoms with van der Waals surface area (Å²) < 4.78 is 15.2. The maximum absolute atomic E-state index is 11.2. The molecule has 0 bridgehead atoms. The molecule has 0 saturated heterocycles. The summed E-state index contributed by atoms with van der Waals surface area (Å²) in [6.07, 6.45) is -3.12. The van der Waals surface area contributed by atoms with Crippen LogP contribution in [0.5, 0.6) is 11.5 Å². The van der Waals surface area contributed by atoms with E-state index in [1.165, 1.54) is 26.4 Å². The molecule has 0 fully saturated rings. The summed E-state index contributed by atoms with van der Waals surface area (Å²) in [6, 6.07) is 2.98. The Hall–Kier alpha value is -1.31. The summed E-state index contributed by atoms with van der Waals surface area (Å²) >= 11 is 3.28. The van der Waals surface area contributed by atoms with Crippen LogP contribution < -0.4 is 9.47 Å². The Morgan fingerprint density at radius 1 is 1.16 bits per heavy atom. The largest absolute Gasteiger partial charge is 0.495 e. The Kier molecular flexibility index (Phi) is 5.59. The van der Waals surface area contributed by atoms with E-state index in [9.17, 15) is 15.0 Å². The van der Waals surface area contributed by atoms with Gasteiger partial charge >= 0.3 is 5.97 Å². The molecule has 0 aliphatic rings. The van der Waals surface area contributed by atoms with Crippen LogP contribution in [-0.4, -0.2) is 43.6 Å². The van der Waals surface area contributed by atoms with Gasteiger partial charge in [0.05, 0.1) is 21.3 Å². The van der Waals surface area contributed by atoms with Crippen LogP contribution in [0.4, 0.5) is 0 Å². The third-order valence-electron chi connectivity index (χ3n) is 2.55. The minimum absolute atomic E-state index is 0.273. The number of hydrogen-bond acceptors (Lipinski definition) is 6. The third kappa shape index (κ3) is 3.37. The zero-order chi connectivity index (χ0) is 14.6. The van der Waals surface area contributed by atoms with Gasteiger partial charge in [-0.2, -0.15) is 0 Å². The van der Waals surface area contributed by atoms with Gasteiger partial charge < -0.3 is 24.4 Å². The number of halogens is 1. The second-order valence-corrected chi connectivity index (χ2v) is 4.45. The molecule has 0 heterocycles. The van der Waals surface area contributed by atoms with Crippen LogP contribution in [0, 0.1) is 0 Å². The van der Waals surface area contributed by atoms with Gasteiger partial charge in [0.1, 0.15) is 22.1 Å². The average Bonchev–Trinajstić information content (AvgIpc) is 2.44. The molecule has 2 N–H and O–H groups in total. The van der Waals surface area contributed by atoms with Crippen molar-refractivity contribution >= 4 is 21.9 Å². The molecule has 0 spiro atoms. The lowest BCUT2D eigenvalue weighted by Gasteiger charge is -2.18. The Bertz CT molecular complexity index is 437. The maximum Gasteiger partial charge on any atom is 0.337 e. The van der Waals surface area contributed by atoms with Crippen LogP contribution in [0.1, 0.15) is 11.7 Å². The van der Waals surface area contributed by atoms with Gasteiger partial charge in [0, 0.05) is 0 Å². The van der Waals surface area contributed by atoms with Crippen molar-refractivity contribution in [2.45, 2.75) is 12.2 Å². The number of aliphatic hydroxyl groups is 2. The number of hydrogen-bond donors (Lipinski definition) is 2. The topological polar surface area (TPSA) is 85.2 Å². The lowest BCUT2D eigenvalue weighted by molar-refractivity contribution is -0.156. The van der Waals surface area contributed by atoms with E-state index in [2.05, 4.69) is 20.7 Å². The molecule has 0 aliphatic carbocycles. The van der Waals surface area contributed by atoms with Crippen LogP contribution >= 0.6 is 15.9 Å². The molecule has 1 aromatic carbocycles. The van der Waals surface area contributed by atoms with Gasteiger partial charge in [-0.25, -0.2) is 4.79 Å². The fourth-order valence-electron chi connectivity index (χ4n) is 1.49. The molecule has 0 saturated carbocycles. The summed E-state index contributed by atoms with van der Waals surface area (Å²) in [5.41, 5.74) is 0.273. The van der Waals surface area contributed by atoms with E-state index < -0.39 is 18.2 Å². The summed E-state index contributed by atoms with van der Waals surface area (Å²) in [5.74, 6) is -0.107. The smallest absolute Gasteiger partial charge is 0.337 e. The van der Waals surface area contributed by atoms with Gasteiger partial charge in [0.25, 0.3) is 0 Å². The molecule has 2 unspecified atom stereocenters. The van der Waals surface area contributed by atoms with Gasteiger partial charge in [-0.3, -0.25) is 0 Å². The molecular formula is C12H15BrO6. The fraction of sp³-hybridized carbons (Fsp3) is 0.417. The van der Waals surface area contributed by atoms with E-state index in [0.717, 1.165) is 7.11 Å². The molecule has 1 rings (SSSR count). The first-order valence-corrected chi connectivity index (χ1v) is 6.11. The van der Waals surface area contributed by atoms with Crippen molar-refractivity contribution in [3.05, 3.63) is 22.2 Å². The minimum Gasteiger partial charge on any atom is -0.495 e. The predicted octanol–water partition coefficient (Wildman–Crippen LogP) is 1.03. The molecule has 1 aromatic rings. The van der Waals surface area contributed by atoms with E-state index in [0.29, 0.717) is 16.0 Å². The highest BCUT2D eigenvalue weighted by Crippen LogP contribution is 2.37. The number of carbonyl (C=O) groups excluding carboxylic acids is 1. The molecule has 0 aromatic heterocycles.